The van der Waals surface area contributed by atoms with Crippen LogP contribution in [-0.4, -0.2) is 29.8 Å². The van der Waals surface area contributed by atoms with Crippen molar-refractivity contribution in [3.63, 3.8) is 0 Å². The third kappa shape index (κ3) is 4.95. The molecule has 0 heterocycles. The van der Waals surface area contributed by atoms with Crippen LogP contribution in [0.2, 0.25) is 0 Å². The minimum absolute atomic E-state index is 0.0243. The zero-order chi connectivity index (χ0) is 23.5. The molecule has 0 atom stereocenters. The molecule has 0 saturated heterocycles. The number of rotatable bonds is 7. The lowest BCUT2D eigenvalue weighted by molar-refractivity contribution is -0.385. The summed E-state index contributed by atoms with van der Waals surface area (Å²) in [5.41, 5.74) is 4.24. The molecule has 3 rings (SSSR count). The predicted molar refractivity (Wildman–Crippen MR) is 121 cm³/mol. The van der Waals surface area contributed by atoms with Gasteiger partial charge in [-0.25, -0.2) is 8.42 Å². The van der Waals surface area contributed by atoms with Gasteiger partial charge in [-0.05, 0) is 43.7 Å². The van der Waals surface area contributed by atoms with Gasteiger partial charge in [0.2, 0.25) is 0 Å². The summed E-state index contributed by atoms with van der Waals surface area (Å²) < 4.78 is 28.6. The average molecular weight is 456 g/mol. The molecule has 0 amide bonds. The van der Waals surface area contributed by atoms with Gasteiger partial charge in [0.15, 0.2) is 11.5 Å². The highest BCUT2D eigenvalue weighted by Gasteiger charge is 2.23. The molecule has 3 aromatic carbocycles. The first-order valence-corrected chi connectivity index (χ1v) is 10.8. The molecule has 0 aliphatic carbocycles. The molecule has 32 heavy (non-hydrogen) atoms. The Morgan fingerprint density at radius 1 is 1.03 bits per heavy atom. The maximum atomic E-state index is 13.1. The molecular weight excluding hydrogens is 436 g/mol. The number of anilines is 2. The van der Waals surface area contributed by atoms with Crippen LogP contribution in [0.3, 0.4) is 0 Å². The number of nitro groups is 1. The van der Waals surface area contributed by atoms with Gasteiger partial charge in [0, 0.05) is 17.7 Å². The molecule has 0 aromatic heterocycles. The number of aryl methyl sites for hydroxylation is 2. The molecule has 0 spiro atoms. The van der Waals surface area contributed by atoms with Gasteiger partial charge in [0.25, 0.3) is 15.7 Å². The fraction of sp³-hybridized carbons (Fsp3) is 0.0952. The highest BCUT2D eigenvalue weighted by Crippen LogP contribution is 2.30. The largest absolute Gasteiger partial charge is 0.504 e. The summed E-state index contributed by atoms with van der Waals surface area (Å²) in [6, 6.07) is 12.7. The lowest BCUT2D eigenvalue weighted by Crippen LogP contribution is -2.16. The maximum absolute atomic E-state index is 13.1. The normalized spacial score (nSPS) is 11.4. The second kappa shape index (κ2) is 8.94. The first kappa shape index (κ1) is 22.6. The second-order valence-electron chi connectivity index (χ2n) is 6.95. The van der Waals surface area contributed by atoms with Crippen LogP contribution in [0.4, 0.5) is 17.1 Å². The maximum Gasteiger partial charge on any atom is 0.270 e. The Morgan fingerprint density at radius 3 is 2.44 bits per heavy atom. The van der Waals surface area contributed by atoms with E-state index >= 15 is 0 Å². The van der Waals surface area contributed by atoms with Crippen molar-refractivity contribution in [1.29, 1.82) is 0 Å². The number of para-hydroxylation sites is 1. The summed E-state index contributed by atoms with van der Waals surface area (Å²) in [6.07, 6.45) is 1.17. The molecular formula is C21H20N4O6S. The lowest BCUT2D eigenvalue weighted by Gasteiger charge is -2.14. The molecule has 166 valence electrons. The number of nitro benzene ring substituents is 1. The van der Waals surface area contributed by atoms with E-state index in [1.165, 1.54) is 30.5 Å². The van der Waals surface area contributed by atoms with E-state index < -0.39 is 26.4 Å². The van der Waals surface area contributed by atoms with E-state index in [-0.39, 0.29) is 21.9 Å². The van der Waals surface area contributed by atoms with Gasteiger partial charge in [0.05, 0.1) is 22.5 Å². The van der Waals surface area contributed by atoms with Crippen LogP contribution in [0.25, 0.3) is 0 Å². The SMILES string of the molecule is Cc1ccc(NS(=O)(=O)c2cc([N+](=O)[O-])ccc2N/N=C\c2cccc(O)c2O)c(C)c1. The van der Waals surface area contributed by atoms with Crippen molar-refractivity contribution in [2.24, 2.45) is 5.10 Å². The third-order valence-corrected chi connectivity index (χ3v) is 5.93. The number of benzene rings is 3. The van der Waals surface area contributed by atoms with Gasteiger partial charge in [0.1, 0.15) is 4.90 Å². The topological polar surface area (TPSA) is 154 Å². The number of phenols is 2. The molecule has 0 radical (unpaired) electrons. The van der Waals surface area contributed by atoms with Gasteiger partial charge in [-0.2, -0.15) is 5.10 Å². The third-order valence-electron chi connectivity index (χ3n) is 4.53. The lowest BCUT2D eigenvalue weighted by atomic mass is 10.1. The van der Waals surface area contributed by atoms with E-state index in [4.69, 9.17) is 0 Å². The average Bonchev–Trinajstić information content (AvgIpc) is 2.73. The van der Waals surface area contributed by atoms with Crippen molar-refractivity contribution in [1.82, 2.24) is 0 Å². The van der Waals surface area contributed by atoms with Crippen LogP contribution >= 0.6 is 0 Å². The van der Waals surface area contributed by atoms with Crippen molar-refractivity contribution < 1.29 is 23.6 Å². The van der Waals surface area contributed by atoms with E-state index in [1.54, 1.807) is 25.1 Å². The molecule has 0 bridgehead atoms. The summed E-state index contributed by atoms with van der Waals surface area (Å²) in [7, 11) is -4.23. The number of nitrogens with one attached hydrogen (secondary N) is 2. The van der Waals surface area contributed by atoms with Gasteiger partial charge in [-0.3, -0.25) is 20.3 Å². The summed E-state index contributed by atoms with van der Waals surface area (Å²) in [5.74, 6) is -0.740. The van der Waals surface area contributed by atoms with Gasteiger partial charge < -0.3 is 10.2 Å². The fourth-order valence-electron chi connectivity index (χ4n) is 2.89. The van der Waals surface area contributed by atoms with Crippen LogP contribution in [0.5, 0.6) is 11.5 Å². The molecule has 0 aliphatic heterocycles. The number of non-ortho nitro benzene ring substituents is 1. The van der Waals surface area contributed by atoms with Crippen LogP contribution in [0.1, 0.15) is 16.7 Å². The highest BCUT2D eigenvalue weighted by molar-refractivity contribution is 7.92. The van der Waals surface area contributed by atoms with E-state index in [2.05, 4.69) is 15.2 Å². The quantitative estimate of drug-likeness (QED) is 0.182. The monoisotopic (exact) mass is 456 g/mol. The highest BCUT2D eigenvalue weighted by atomic mass is 32.2. The Hall–Kier alpha value is -4.12. The van der Waals surface area contributed by atoms with Gasteiger partial charge in [-0.1, -0.05) is 23.8 Å². The number of hydrazone groups is 1. The Morgan fingerprint density at radius 2 is 1.75 bits per heavy atom. The van der Waals surface area contributed by atoms with Crippen molar-refractivity contribution in [2.75, 3.05) is 10.1 Å². The number of hydrogen-bond donors (Lipinski definition) is 4. The molecule has 3 aromatic rings. The predicted octanol–water partition coefficient (Wildman–Crippen LogP) is 3.87. The van der Waals surface area contributed by atoms with E-state index in [0.29, 0.717) is 11.3 Å². The van der Waals surface area contributed by atoms with Crippen LogP contribution in [-0.2, 0) is 10.0 Å². The van der Waals surface area contributed by atoms with Crippen molar-refractivity contribution in [3.8, 4) is 11.5 Å². The van der Waals surface area contributed by atoms with Crippen molar-refractivity contribution in [2.45, 2.75) is 18.7 Å². The molecule has 10 nitrogen and oxygen atoms in total. The zero-order valence-corrected chi connectivity index (χ0v) is 17.9. The van der Waals surface area contributed by atoms with Gasteiger partial charge in [-0.15, -0.1) is 0 Å². The molecule has 0 saturated carbocycles. The minimum atomic E-state index is -4.23. The smallest absolute Gasteiger partial charge is 0.270 e. The summed E-state index contributed by atoms with van der Waals surface area (Å²) in [4.78, 5) is 10.1. The number of nitrogens with zero attached hydrogens (tertiary/aromatic N) is 2. The second-order valence-corrected chi connectivity index (χ2v) is 8.60. The zero-order valence-electron chi connectivity index (χ0n) is 17.1. The first-order chi connectivity index (χ1) is 15.1. The van der Waals surface area contributed by atoms with Crippen LogP contribution in [0, 0.1) is 24.0 Å². The molecule has 4 N–H and O–H groups in total. The Balaban J connectivity index is 1.98. The fourth-order valence-corrected chi connectivity index (χ4v) is 4.20. The van der Waals surface area contributed by atoms with Crippen LogP contribution in [0.15, 0.2) is 64.6 Å². The number of hydrogen-bond acceptors (Lipinski definition) is 8. The molecule has 11 heteroatoms. The standard InChI is InChI=1S/C21H20N4O6S/c1-13-6-8-17(14(2)10-13)24-32(30,31)20-11-16(25(28)29)7-9-18(20)23-22-12-15-4-3-5-19(26)21(15)27/h3-12,23-24,26-27H,1-2H3/b22-12-. The summed E-state index contributed by atoms with van der Waals surface area (Å²) >= 11 is 0. The van der Waals surface area contributed by atoms with E-state index in [0.717, 1.165) is 17.7 Å². The Bertz CT molecular complexity index is 1320. The number of sulfonamides is 1. The van der Waals surface area contributed by atoms with Gasteiger partial charge >= 0.3 is 0 Å². The van der Waals surface area contributed by atoms with Crippen molar-refractivity contribution >= 4 is 33.3 Å². The number of aromatic hydroxyl groups is 2. The number of phenolic OH excluding ortho intramolecular Hbond substituents is 2. The van der Waals surface area contributed by atoms with Crippen LogP contribution < -0.4 is 10.1 Å². The van der Waals surface area contributed by atoms with E-state index in [9.17, 15) is 28.7 Å². The summed E-state index contributed by atoms with van der Waals surface area (Å²) in [6.45, 7) is 3.61. The van der Waals surface area contributed by atoms with Crippen molar-refractivity contribution in [3.05, 3.63) is 81.4 Å². The first-order valence-electron chi connectivity index (χ1n) is 9.27. The Kier molecular flexibility index (Phi) is 6.30. The molecule has 0 fully saturated rings. The van der Waals surface area contributed by atoms with E-state index in [1.807, 2.05) is 6.92 Å². The molecule has 0 aliphatic rings. The minimum Gasteiger partial charge on any atom is -0.504 e. The molecule has 0 unspecified atom stereocenters. The summed E-state index contributed by atoms with van der Waals surface area (Å²) in [5, 5.41) is 34.5. The Labute approximate surface area is 184 Å².